The van der Waals surface area contributed by atoms with Gasteiger partial charge in [0.05, 0.1) is 6.42 Å². The lowest BCUT2D eigenvalue weighted by molar-refractivity contribution is -0.136. The predicted octanol–water partition coefficient (Wildman–Crippen LogP) is 2.48. The van der Waals surface area contributed by atoms with Crippen molar-refractivity contribution in [2.45, 2.75) is 25.6 Å². The number of fused-ring (bicyclic) bond motifs is 1. The third-order valence-electron chi connectivity index (χ3n) is 2.15. The fraction of sp³-hybridized carbons (Fsp3) is 0.400. The Bertz CT molecular complexity index is 472. The number of aromatic nitrogens is 3. The molecule has 0 spiro atoms. The van der Waals surface area contributed by atoms with Crippen LogP contribution in [-0.4, -0.2) is 26.8 Å². The number of rotatable bonds is 3. The number of anilines is 1. The molecule has 0 saturated carbocycles. The summed E-state index contributed by atoms with van der Waals surface area (Å²) in [7, 11) is 0. The highest BCUT2D eigenvalue weighted by molar-refractivity contribution is 5.43. The van der Waals surface area contributed by atoms with Crippen LogP contribution < -0.4 is 5.32 Å². The van der Waals surface area contributed by atoms with Crippen LogP contribution in [0.15, 0.2) is 24.4 Å². The van der Waals surface area contributed by atoms with Gasteiger partial charge in [-0.15, -0.1) is 5.10 Å². The van der Waals surface area contributed by atoms with E-state index in [1.165, 1.54) is 11.4 Å². The number of nitrogens with zero attached hydrogens (tertiary/aromatic N) is 3. The first-order valence-corrected chi connectivity index (χ1v) is 5.09. The van der Waals surface area contributed by atoms with E-state index in [0.29, 0.717) is 5.65 Å². The summed E-state index contributed by atoms with van der Waals surface area (Å²) < 4.78 is 37.9. The normalized spacial score (nSPS) is 13.9. The molecule has 1 atom stereocenters. The largest absolute Gasteiger partial charge is 0.391 e. The van der Waals surface area contributed by atoms with E-state index in [-0.39, 0.29) is 5.95 Å². The van der Waals surface area contributed by atoms with Gasteiger partial charge in [-0.3, -0.25) is 0 Å². The molecule has 4 nitrogen and oxygen atoms in total. The minimum Gasteiger partial charge on any atom is -0.350 e. The highest BCUT2D eigenvalue weighted by Crippen LogP contribution is 2.22. The van der Waals surface area contributed by atoms with Crippen LogP contribution in [0, 0.1) is 0 Å². The zero-order chi connectivity index (χ0) is 12.5. The minimum absolute atomic E-state index is 0.202. The van der Waals surface area contributed by atoms with Crippen molar-refractivity contribution in [3.05, 3.63) is 24.4 Å². The molecule has 2 heterocycles. The van der Waals surface area contributed by atoms with Crippen molar-refractivity contribution < 1.29 is 13.2 Å². The number of pyridine rings is 1. The third-order valence-corrected chi connectivity index (χ3v) is 2.15. The van der Waals surface area contributed by atoms with Crippen LogP contribution in [0.1, 0.15) is 13.3 Å². The van der Waals surface area contributed by atoms with Crippen LogP contribution >= 0.6 is 0 Å². The summed E-state index contributed by atoms with van der Waals surface area (Å²) in [5.41, 5.74) is 0.592. The maximum absolute atomic E-state index is 12.1. The molecule has 0 aliphatic heterocycles. The quantitative estimate of drug-likeness (QED) is 0.901. The number of halogens is 3. The molecule has 92 valence electrons. The zero-order valence-corrected chi connectivity index (χ0v) is 9.07. The Balaban J connectivity index is 2.08. The Hall–Kier alpha value is -1.79. The van der Waals surface area contributed by atoms with Crippen molar-refractivity contribution in [2.24, 2.45) is 0 Å². The molecule has 7 heteroatoms. The Kier molecular flexibility index (Phi) is 2.91. The standard InChI is InChI=1S/C10H11F3N4/c1-7(6-10(11,12)13)14-9-15-8-4-2-3-5-17(8)16-9/h2-5,7H,6H2,1H3,(H,14,16). The third kappa shape index (κ3) is 3.08. The molecule has 0 aliphatic rings. The average Bonchev–Trinajstić information content (AvgIpc) is 2.55. The average molecular weight is 244 g/mol. The van der Waals surface area contributed by atoms with Crippen LogP contribution in [0.3, 0.4) is 0 Å². The van der Waals surface area contributed by atoms with Gasteiger partial charge >= 0.3 is 6.18 Å². The first-order chi connectivity index (χ1) is 7.94. The molecule has 2 aromatic rings. The Morgan fingerprint density at radius 2 is 2.18 bits per heavy atom. The molecule has 17 heavy (non-hydrogen) atoms. The van der Waals surface area contributed by atoms with E-state index in [9.17, 15) is 13.2 Å². The van der Waals surface area contributed by atoms with Gasteiger partial charge < -0.3 is 5.32 Å². The summed E-state index contributed by atoms with van der Waals surface area (Å²) in [6, 6.07) is 4.52. The second kappa shape index (κ2) is 4.23. The van der Waals surface area contributed by atoms with Crippen molar-refractivity contribution in [1.29, 1.82) is 0 Å². The smallest absolute Gasteiger partial charge is 0.350 e. The lowest BCUT2D eigenvalue weighted by Crippen LogP contribution is -2.24. The van der Waals surface area contributed by atoms with Gasteiger partial charge in [0.15, 0.2) is 5.65 Å². The van der Waals surface area contributed by atoms with Gasteiger partial charge in [0, 0.05) is 12.2 Å². The van der Waals surface area contributed by atoms with Gasteiger partial charge in [0.1, 0.15) is 0 Å². The molecule has 0 aliphatic carbocycles. The molecule has 2 aromatic heterocycles. The monoisotopic (exact) mass is 244 g/mol. The SMILES string of the molecule is CC(CC(F)(F)F)Nc1nc2ccccn2n1. The molecule has 0 saturated heterocycles. The van der Waals surface area contributed by atoms with E-state index in [1.807, 2.05) is 0 Å². The summed E-state index contributed by atoms with van der Waals surface area (Å²) in [5.74, 6) is 0.202. The van der Waals surface area contributed by atoms with Gasteiger partial charge in [0.2, 0.25) is 5.95 Å². The molecule has 0 radical (unpaired) electrons. The van der Waals surface area contributed by atoms with Crippen LogP contribution in [0.2, 0.25) is 0 Å². The van der Waals surface area contributed by atoms with Crippen LogP contribution in [0.25, 0.3) is 5.65 Å². The fourth-order valence-electron chi connectivity index (χ4n) is 1.51. The van der Waals surface area contributed by atoms with Gasteiger partial charge in [-0.2, -0.15) is 18.2 Å². The maximum Gasteiger partial charge on any atom is 0.391 e. The topological polar surface area (TPSA) is 42.2 Å². The predicted molar refractivity (Wildman–Crippen MR) is 56.7 cm³/mol. The highest BCUT2D eigenvalue weighted by atomic mass is 19.4. The first kappa shape index (κ1) is 11.7. The molecule has 1 unspecified atom stereocenters. The van der Waals surface area contributed by atoms with E-state index in [0.717, 1.165) is 0 Å². The molecular formula is C10H11F3N4. The van der Waals surface area contributed by atoms with Crippen molar-refractivity contribution in [1.82, 2.24) is 14.6 Å². The Morgan fingerprint density at radius 3 is 2.82 bits per heavy atom. The Morgan fingerprint density at radius 1 is 1.41 bits per heavy atom. The minimum atomic E-state index is -4.19. The zero-order valence-electron chi connectivity index (χ0n) is 9.07. The van der Waals surface area contributed by atoms with Gasteiger partial charge in [-0.25, -0.2) is 4.52 Å². The van der Waals surface area contributed by atoms with Gasteiger partial charge in [0.25, 0.3) is 0 Å². The molecular weight excluding hydrogens is 233 g/mol. The fourth-order valence-corrected chi connectivity index (χ4v) is 1.51. The molecule has 0 fully saturated rings. The summed E-state index contributed by atoms with van der Waals surface area (Å²) in [6.07, 6.45) is -3.42. The summed E-state index contributed by atoms with van der Waals surface area (Å²) in [4.78, 5) is 4.06. The number of alkyl halides is 3. The molecule has 1 N–H and O–H groups in total. The van der Waals surface area contributed by atoms with Crippen LogP contribution in [-0.2, 0) is 0 Å². The van der Waals surface area contributed by atoms with E-state index in [1.54, 1.807) is 24.4 Å². The lowest BCUT2D eigenvalue weighted by atomic mass is 10.2. The van der Waals surface area contributed by atoms with Gasteiger partial charge in [-0.05, 0) is 19.1 Å². The number of hydrogen-bond donors (Lipinski definition) is 1. The summed E-state index contributed by atoms with van der Waals surface area (Å²) in [6.45, 7) is 1.44. The second-order valence-electron chi connectivity index (χ2n) is 3.80. The maximum atomic E-state index is 12.1. The highest BCUT2D eigenvalue weighted by Gasteiger charge is 2.30. The van der Waals surface area contributed by atoms with Gasteiger partial charge in [-0.1, -0.05) is 6.07 Å². The van der Waals surface area contributed by atoms with Crippen molar-refractivity contribution in [2.75, 3.05) is 5.32 Å². The Labute approximate surface area is 95.5 Å². The van der Waals surface area contributed by atoms with Crippen molar-refractivity contribution >= 4 is 11.6 Å². The van der Waals surface area contributed by atoms with Crippen molar-refractivity contribution in [3.63, 3.8) is 0 Å². The molecule has 0 amide bonds. The van der Waals surface area contributed by atoms with Crippen LogP contribution in [0.5, 0.6) is 0 Å². The second-order valence-corrected chi connectivity index (χ2v) is 3.80. The summed E-state index contributed by atoms with van der Waals surface area (Å²) >= 11 is 0. The van der Waals surface area contributed by atoms with E-state index < -0.39 is 18.6 Å². The number of hydrogen-bond acceptors (Lipinski definition) is 3. The molecule has 2 rings (SSSR count). The molecule has 0 bridgehead atoms. The van der Waals surface area contributed by atoms with Crippen molar-refractivity contribution in [3.8, 4) is 0 Å². The van der Waals surface area contributed by atoms with E-state index in [4.69, 9.17) is 0 Å². The van der Waals surface area contributed by atoms with E-state index >= 15 is 0 Å². The van der Waals surface area contributed by atoms with E-state index in [2.05, 4.69) is 15.4 Å². The molecule has 0 aromatic carbocycles. The first-order valence-electron chi connectivity index (χ1n) is 5.09. The lowest BCUT2D eigenvalue weighted by Gasteiger charge is -2.13. The number of nitrogens with one attached hydrogen (secondary N) is 1. The summed E-state index contributed by atoms with van der Waals surface area (Å²) in [5, 5.41) is 6.63. The van der Waals surface area contributed by atoms with Crippen LogP contribution in [0.4, 0.5) is 19.1 Å².